The lowest BCUT2D eigenvalue weighted by atomic mass is 9.96. The van der Waals surface area contributed by atoms with E-state index in [1.165, 1.54) is 5.56 Å². The van der Waals surface area contributed by atoms with E-state index in [0.29, 0.717) is 11.1 Å². The van der Waals surface area contributed by atoms with Crippen molar-refractivity contribution in [2.75, 3.05) is 5.32 Å². The maximum Gasteiger partial charge on any atom is 0.131 e. The first-order chi connectivity index (χ1) is 8.66. The van der Waals surface area contributed by atoms with Gasteiger partial charge in [0.2, 0.25) is 0 Å². The quantitative estimate of drug-likeness (QED) is 0.816. The van der Waals surface area contributed by atoms with Crippen LogP contribution in [0.3, 0.4) is 0 Å². The van der Waals surface area contributed by atoms with Crippen LogP contribution in [0.15, 0.2) is 48.7 Å². The molecule has 0 fully saturated rings. The van der Waals surface area contributed by atoms with Crippen LogP contribution in [0.25, 0.3) is 0 Å². The molecule has 0 spiro atoms. The zero-order valence-electron chi connectivity index (χ0n) is 10.6. The van der Waals surface area contributed by atoms with Crippen molar-refractivity contribution in [1.82, 2.24) is 4.98 Å². The summed E-state index contributed by atoms with van der Waals surface area (Å²) < 4.78 is 0. The lowest BCUT2D eigenvalue weighted by molar-refractivity contribution is 0.546. The van der Waals surface area contributed by atoms with Crippen LogP contribution in [0.1, 0.15) is 25.5 Å². The third-order valence-corrected chi connectivity index (χ3v) is 3.08. The number of halogens is 1. The monoisotopic (exact) mass is 260 g/mol. The molecule has 1 atom stereocenters. The molecule has 2 aromatic rings. The molecule has 94 valence electrons. The first kappa shape index (κ1) is 12.9. The molecule has 0 aliphatic carbocycles. The molecule has 1 unspecified atom stereocenters. The normalized spacial score (nSPS) is 12.4. The molecule has 0 amide bonds. The lowest BCUT2D eigenvalue weighted by Crippen LogP contribution is -2.16. The number of pyridine rings is 1. The standard InChI is InChI=1S/C15H17ClN2/c1-11(2)15(12-6-4-3-5-7-12)18-13-8-9-17-14(16)10-13/h3-11,15H,1-2H3,(H,17,18). The SMILES string of the molecule is CC(C)C(Nc1ccnc(Cl)c1)c1ccccc1. The molecule has 1 heterocycles. The second-order valence-electron chi connectivity index (χ2n) is 4.64. The number of hydrogen-bond acceptors (Lipinski definition) is 2. The van der Waals surface area contributed by atoms with E-state index in [1.807, 2.05) is 18.2 Å². The summed E-state index contributed by atoms with van der Waals surface area (Å²) in [6, 6.07) is 14.5. The van der Waals surface area contributed by atoms with Crippen molar-refractivity contribution in [3.05, 3.63) is 59.4 Å². The fourth-order valence-corrected chi connectivity index (χ4v) is 2.14. The highest BCUT2D eigenvalue weighted by Crippen LogP contribution is 2.26. The molecular weight excluding hydrogens is 244 g/mol. The smallest absolute Gasteiger partial charge is 0.131 e. The molecule has 2 rings (SSSR count). The van der Waals surface area contributed by atoms with Crippen LogP contribution < -0.4 is 5.32 Å². The topological polar surface area (TPSA) is 24.9 Å². The van der Waals surface area contributed by atoms with Crippen molar-refractivity contribution in [2.24, 2.45) is 5.92 Å². The zero-order valence-corrected chi connectivity index (χ0v) is 11.4. The average Bonchev–Trinajstić information content (AvgIpc) is 2.37. The van der Waals surface area contributed by atoms with Crippen molar-refractivity contribution in [3.8, 4) is 0 Å². The van der Waals surface area contributed by atoms with Crippen molar-refractivity contribution in [2.45, 2.75) is 19.9 Å². The molecule has 0 aliphatic heterocycles. The molecule has 0 saturated carbocycles. The maximum absolute atomic E-state index is 5.90. The minimum atomic E-state index is 0.268. The van der Waals surface area contributed by atoms with E-state index in [9.17, 15) is 0 Å². The number of anilines is 1. The summed E-state index contributed by atoms with van der Waals surface area (Å²) in [7, 11) is 0. The fraction of sp³-hybridized carbons (Fsp3) is 0.267. The first-order valence-corrected chi connectivity index (χ1v) is 6.47. The van der Waals surface area contributed by atoms with Gasteiger partial charge in [-0.2, -0.15) is 0 Å². The molecule has 18 heavy (non-hydrogen) atoms. The molecular formula is C15H17ClN2. The molecule has 0 aliphatic rings. The molecule has 0 radical (unpaired) electrons. The Morgan fingerprint density at radius 3 is 2.44 bits per heavy atom. The molecule has 1 aromatic carbocycles. The van der Waals surface area contributed by atoms with Gasteiger partial charge in [0.1, 0.15) is 5.15 Å². The Balaban J connectivity index is 2.22. The van der Waals surface area contributed by atoms with Gasteiger partial charge < -0.3 is 5.32 Å². The van der Waals surface area contributed by atoms with E-state index >= 15 is 0 Å². The average molecular weight is 261 g/mol. The Morgan fingerprint density at radius 1 is 1.11 bits per heavy atom. The predicted octanol–water partition coefficient (Wildman–Crippen LogP) is 4.54. The Kier molecular flexibility index (Phi) is 4.21. The molecule has 2 nitrogen and oxygen atoms in total. The summed E-state index contributed by atoms with van der Waals surface area (Å²) in [6.07, 6.45) is 1.72. The van der Waals surface area contributed by atoms with Crippen LogP contribution in [0.5, 0.6) is 0 Å². The lowest BCUT2D eigenvalue weighted by Gasteiger charge is -2.24. The predicted molar refractivity (Wildman–Crippen MR) is 76.9 cm³/mol. The van der Waals surface area contributed by atoms with E-state index in [0.717, 1.165) is 5.69 Å². The second-order valence-corrected chi connectivity index (χ2v) is 5.03. The van der Waals surface area contributed by atoms with E-state index in [1.54, 1.807) is 6.20 Å². The van der Waals surface area contributed by atoms with Gasteiger partial charge in [-0.3, -0.25) is 0 Å². The Labute approximate surface area is 113 Å². The van der Waals surface area contributed by atoms with Gasteiger partial charge in [-0.15, -0.1) is 0 Å². The summed E-state index contributed by atoms with van der Waals surface area (Å²) >= 11 is 5.90. The van der Waals surface area contributed by atoms with Gasteiger partial charge >= 0.3 is 0 Å². The summed E-state index contributed by atoms with van der Waals surface area (Å²) in [5, 5.41) is 4.02. The number of nitrogens with zero attached hydrogens (tertiary/aromatic N) is 1. The van der Waals surface area contributed by atoms with Gasteiger partial charge in [-0.1, -0.05) is 55.8 Å². The summed E-state index contributed by atoms with van der Waals surface area (Å²) in [5.74, 6) is 0.486. The third-order valence-electron chi connectivity index (χ3n) is 2.87. The molecule has 1 aromatic heterocycles. The maximum atomic E-state index is 5.90. The van der Waals surface area contributed by atoms with Crippen LogP contribution >= 0.6 is 11.6 Å². The van der Waals surface area contributed by atoms with E-state index < -0.39 is 0 Å². The molecule has 1 N–H and O–H groups in total. The number of nitrogens with one attached hydrogen (secondary N) is 1. The van der Waals surface area contributed by atoms with Crippen LogP contribution in [0.4, 0.5) is 5.69 Å². The van der Waals surface area contributed by atoms with Crippen molar-refractivity contribution >= 4 is 17.3 Å². The van der Waals surface area contributed by atoms with Crippen molar-refractivity contribution < 1.29 is 0 Å². The first-order valence-electron chi connectivity index (χ1n) is 6.10. The highest BCUT2D eigenvalue weighted by molar-refractivity contribution is 6.29. The highest BCUT2D eigenvalue weighted by Gasteiger charge is 2.15. The summed E-state index contributed by atoms with van der Waals surface area (Å²) in [5.41, 5.74) is 2.28. The van der Waals surface area contributed by atoms with Crippen molar-refractivity contribution in [1.29, 1.82) is 0 Å². The Bertz CT molecular complexity index is 497. The minimum Gasteiger partial charge on any atom is -0.378 e. The van der Waals surface area contributed by atoms with Gasteiger partial charge in [-0.05, 0) is 23.6 Å². The summed E-state index contributed by atoms with van der Waals surface area (Å²) in [6.45, 7) is 4.40. The van der Waals surface area contributed by atoms with E-state index in [4.69, 9.17) is 11.6 Å². The zero-order chi connectivity index (χ0) is 13.0. The van der Waals surface area contributed by atoms with Gasteiger partial charge in [0.25, 0.3) is 0 Å². The number of aromatic nitrogens is 1. The number of rotatable bonds is 4. The van der Waals surface area contributed by atoms with Crippen LogP contribution in [-0.4, -0.2) is 4.98 Å². The van der Waals surface area contributed by atoms with Crippen molar-refractivity contribution in [3.63, 3.8) is 0 Å². The molecule has 0 bridgehead atoms. The second kappa shape index (κ2) is 5.87. The van der Waals surface area contributed by atoms with Crippen LogP contribution in [0, 0.1) is 5.92 Å². The van der Waals surface area contributed by atoms with Gasteiger partial charge in [-0.25, -0.2) is 4.98 Å². The Morgan fingerprint density at radius 2 is 1.83 bits per heavy atom. The largest absolute Gasteiger partial charge is 0.378 e. The fourth-order valence-electron chi connectivity index (χ4n) is 1.97. The van der Waals surface area contributed by atoms with Gasteiger partial charge in [0.15, 0.2) is 0 Å². The van der Waals surface area contributed by atoms with Crippen LogP contribution in [-0.2, 0) is 0 Å². The van der Waals surface area contributed by atoms with Gasteiger partial charge in [0, 0.05) is 11.9 Å². The van der Waals surface area contributed by atoms with E-state index in [2.05, 4.69) is 48.4 Å². The molecule has 3 heteroatoms. The number of benzene rings is 1. The van der Waals surface area contributed by atoms with E-state index in [-0.39, 0.29) is 6.04 Å². The minimum absolute atomic E-state index is 0.268. The highest BCUT2D eigenvalue weighted by atomic mass is 35.5. The van der Waals surface area contributed by atoms with Crippen LogP contribution in [0.2, 0.25) is 5.15 Å². The third kappa shape index (κ3) is 3.23. The Hall–Kier alpha value is -1.54. The molecule has 0 saturated heterocycles. The summed E-state index contributed by atoms with van der Waals surface area (Å²) in [4.78, 5) is 3.99. The van der Waals surface area contributed by atoms with Gasteiger partial charge in [0.05, 0.1) is 6.04 Å². The number of hydrogen-bond donors (Lipinski definition) is 1.